The molecule has 1 aliphatic carbocycles. The first-order valence-electron chi connectivity index (χ1n) is 7.86. The first-order chi connectivity index (χ1) is 9.61. The van der Waals surface area contributed by atoms with E-state index in [1.54, 1.807) is 0 Å². The second-order valence-electron chi connectivity index (χ2n) is 6.23. The van der Waals surface area contributed by atoms with Gasteiger partial charge in [0, 0.05) is 13.0 Å². The molecule has 0 saturated heterocycles. The summed E-state index contributed by atoms with van der Waals surface area (Å²) in [6, 6.07) is 0. The van der Waals surface area contributed by atoms with Crippen molar-refractivity contribution in [3.05, 3.63) is 15.1 Å². The van der Waals surface area contributed by atoms with Crippen LogP contribution in [0.15, 0.2) is 0 Å². The zero-order valence-corrected chi connectivity index (χ0v) is 15.0. The lowest BCUT2D eigenvalue weighted by Crippen LogP contribution is -2.12. The van der Waals surface area contributed by atoms with Crippen molar-refractivity contribution in [3.63, 3.8) is 0 Å². The van der Waals surface area contributed by atoms with E-state index < -0.39 is 0 Å². The van der Waals surface area contributed by atoms with E-state index in [2.05, 4.69) is 41.8 Å². The van der Waals surface area contributed by atoms with Crippen LogP contribution in [0.2, 0.25) is 0 Å². The molecule has 20 heavy (non-hydrogen) atoms. The second-order valence-corrected chi connectivity index (χ2v) is 7.31. The summed E-state index contributed by atoms with van der Waals surface area (Å²) in [7, 11) is 1.96. The molecule has 4 heteroatoms. The number of hydrogen-bond acceptors (Lipinski definition) is 3. The van der Waals surface area contributed by atoms with Crippen LogP contribution >= 0.6 is 22.6 Å². The van der Waals surface area contributed by atoms with Crippen molar-refractivity contribution in [1.29, 1.82) is 0 Å². The maximum absolute atomic E-state index is 4.93. The molecular formula is C16H26IN3. The predicted molar refractivity (Wildman–Crippen MR) is 93.3 cm³/mol. The molecular weight excluding hydrogens is 361 g/mol. The minimum Gasteiger partial charge on any atom is -0.372 e. The molecule has 1 saturated carbocycles. The molecule has 0 aliphatic heterocycles. The fourth-order valence-electron chi connectivity index (χ4n) is 2.92. The highest BCUT2D eigenvalue weighted by Gasteiger charge is 2.20. The Morgan fingerprint density at radius 1 is 1.15 bits per heavy atom. The van der Waals surface area contributed by atoms with Crippen LogP contribution in [0, 0.1) is 9.49 Å². The second kappa shape index (κ2) is 7.57. The summed E-state index contributed by atoms with van der Waals surface area (Å²) in [6.07, 6.45) is 8.95. The molecule has 0 spiro atoms. The van der Waals surface area contributed by atoms with E-state index in [1.807, 2.05) is 7.05 Å². The molecule has 0 atom stereocenters. The van der Waals surface area contributed by atoms with Crippen molar-refractivity contribution in [1.82, 2.24) is 9.97 Å². The Balaban J connectivity index is 2.31. The smallest absolute Gasteiger partial charge is 0.143 e. The van der Waals surface area contributed by atoms with Gasteiger partial charge in [-0.2, -0.15) is 0 Å². The highest BCUT2D eigenvalue weighted by Crippen LogP contribution is 2.32. The van der Waals surface area contributed by atoms with Crippen LogP contribution in [0.3, 0.4) is 0 Å². The monoisotopic (exact) mass is 387 g/mol. The van der Waals surface area contributed by atoms with Gasteiger partial charge in [0.05, 0.1) is 9.26 Å². The third kappa shape index (κ3) is 4.06. The Morgan fingerprint density at radius 3 is 2.35 bits per heavy atom. The molecule has 0 unspecified atom stereocenters. The van der Waals surface area contributed by atoms with E-state index in [4.69, 9.17) is 9.97 Å². The SMILES string of the molecule is CNc1nc(C2CCCCCC2)nc(CC(C)C)c1I. The number of anilines is 1. The van der Waals surface area contributed by atoms with Gasteiger partial charge in [-0.25, -0.2) is 9.97 Å². The van der Waals surface area contributed by atoms with E-state index >= 15 is 0 Å². The molecule has 0 aromatic carbocycles. The molecule has 0 amide bonds. The van der Waals surface area contributed by atoms with Crippen molar-refractivity contribution < 1.29 is 0 Å². The summed E-state index contributed by atoms with van der Waals surface area (Å²) in [4.78, 5) is 9.72. The lowest BCUT2D eigenvalue weighted by molar-refractivity contribution is 0.551. The van der Waals surface area contributed by atoms with Gasteiger partial charge in [-0.05, 0) is 47.8 Å². The predicted octanol–water partition coefficient (Wildman–Crippen LogP) is 4.76. The zero-order chi connectivity index (χ0) is 14.5. The van der Waals surface area contributed by atoms with Crippen LogP contribution in [-0.4, -0.2) is 17.0 Å². The van der Waals surface area contributed by atoms with Gasteiger partial charge < -0.3 is 5.32 Å². The molecule has 0 bridgehead atoms. The Hall–Kier alpha value is -0.390. The molecule has 1 aliphatic rings. The van der Waals surface area contributed by atoms with E-state index in [1.165, 1.54) is 47.8 Å². The molecule has 0 radical (unpaired) electrons. The van der Waals surface area contributed by atoms with Crippen molar-refractivity contribution >= 4 is 28.4 Å². The molecule has 1 aromatic heterocycles. The maximum Gasteiger partial charge on any atom is 0.143 e. The van der Waals surface area contributed by atoms with Crippen molar-refractivity contribution in [2.75, 3.05) is 12.4 Å². The maximum atomic E-state index is 4.93. The summed E-state index contributed by atoms with van der Waals surface area (Å²) in [6.45, 7) is 4.51. The average molecular weight is 387 g/mol. The minimum atomic E-state index is 0.563. The zero-order valence-electron chi connectivity index (χ0n) is 12.9. The normalized spacial score (nSPS) is 17.2. The highest BCUT2D eigenvalue weighted by atomic mass is 127. The van der Waals surface area contributed by atoms with Gasteiger partial charge in [-0.15, -0.1) is 0 Å². The molecule has 3 nitrogen and oxygen atoms in total. The number of hydrogen-bond donors (Lipinski definition) is 1. The largest absolute Gasteiger partial charge is 0.372 e. The van der Waals surface area contributed by atoms with Crippen LogP contribution in [-0.2, 0) is 6.42 Å². The van der Waals surface area contributed by atoms with Crippen molar-refractivity contribution in [3.8, 4) is 0 Å². The summed E-state index contributed by atoms with van der Waals surface area (Å²) < 4.78 is 1.19. The van der Waals surface area contributed by atoms with Crippen molar-refractivity contribution in [2.24, 2.45) is 5.92 Å². The van der Waals surface area contributed by atoms with Gasteiger partial charge in [-0.3, -0.25) is 0 Å². The third-order valence-corrected chi connectivity index (χ3v) is 5.13. The standard InChI is InChI=1S/C16H26IN3/c1-11(2)10-13-14(17)16(18-3)20-15(19-13)12-8-6-4-5-7-9-12/h11-12H,4-10H2,1-3H3,(H,18,19,20). The first-order valence-corrected chi connectivity index (χ1v) is 8.93. The van der Waals surface area contributed by atoms with Crippen molar-refractivity contribution in [2.45, 2.75) is 64.7 Å². The van der Waals surface area contributed by atoms with Gasteiger partial charge in [0.25, 0.3) is 0 Å². The summed E-state index contributed by atoms with van der Waals surface area (Å²) in [5, 5.41) is 3.25. The number of nitrogens with one attached hydrogen (secondary N) is 1. The Bertz CT molecular complexity index is 438. The van der Waals surface area contributed by atoms with Gasteiger partial charge >= 0.3 is 0 Å². The fourth-order valence-corrected chi connectivity index (χ4v) is 3.65. The fraction of sp³-hybridized carbons (Fsp3) is 0.750. The van der Waals surface area contributed by atoms with Crippen LogP contribution in [0.25, 0.3) is 0 Å². The van der Waals surface area contributed by atoms with E-state index in [-0.39, 0.29) is 0 Å². The molecule has 1 N–H and O–H groups in total. The number of rotatable bonds is 4. The van der Waals surface area contributed by atoms with Gasteiger partial charge in [0.1, 0.15) is 11.6 Å². The van der Waals surface area contributed by atoms with E-state index in [0.717, 1.165) is 18.1 Å². The first kappa shape index (κ1) is 16.0. The topological polar surface area (TPSA) is 37.8 Å². The summed E-state index contributed by atoms with van der Waals surface area (Å²) >= 11 is 2.38. The minimum absolute atomic E-state index is 0.563. The Morgan fingerprint density at radius 2 is 1.80 bits per heavy atom. The lowest BCUT2D eigenvalue weighted by Gasteiger charge is -2.17. The van der Waals surface area contributed by atoms with Gasteiger partial charge in [0.2, 0.25) is 0 Å². The Labute approximate surface area is 136 Å². The van der Waals surface area contributed by atoms with Gasteiger partial charge in [-0.1, -0.05) is 39.5 Å². The number of aromatic nitrogens is 2. The molecule has 1 fully saturated rings. The van der Waals surface area contributed by atoms with Crippen LogP contribution < -0.4 is 5.32 Å². The van der Waals surface area contributed by atoms with Crippen LogP contribution in [0.5, 0.6) is 0 Å². The highest BCUT2D eigenvalue weighted by molar-refractivity contribution is 14.1. The lowest BCUT2D eigenvalue weighted by atomic mass is 9.99. The van der Waals surface area contributed by atoms with E-state index in [0.29, 0.717) is 11.8 Å². The quantitative estimate of drug-likeness (QED) is 0.598. The van der Waals surface area contributed by atoms with Gasteiger partial charge in [0.15, 0.2) is 0 Å². The Kier molecular flexibility index (Phi) is 6.05. The number of nitrogens with zero attached hydrogens (tertiary/aromatic N) is 2. The summed E-state index contributed by atoms with van der Waals surface area (Å²) in [5.74, 6) is 3.28. The molecule has 2 rings (SSSR count). The summed E-state index contributed by atoms with van der Waals surface area (Å²) in [5.41, 5.74) is 1.22. The van der Waals surface area contributed by atoms with Crippen LogP contribution in [0.4, 0.5) is 5.82 Å². The van der Waals surface area contributed by atoms with E-state index in [9.17, 15) is 0 Å². The third-order valence-electron chi connectivity index (χ3n) is 4.00. The average Bonchev–Trinajstić information content (AvgIpc) is 2.69. The molecule has 1 aromatic rings. The molecule has 112 valence electrons. The van der Waals surface area contributed by atoms with Crippen LogP contribution in [0.1, 0.15) is 69.8 Å². The molecule has 1 heterocycles. The number of halogens is 1.